The Morgan fingerprint density at radius 1 is 1.47 bits per heavy atom. The van der Waals surface area contributed by atoms with Gasteiger partial charge in [-0.2, -0.15) is 0 Å². The van der Waals surface area contributed by atoms with Gasteiger partial charge in [-0.25, -0.2) is 0 Å². The fourth-order valence-corrected chi connectivity index (χ4v) is 3.34. The van der Waals surface area contributed by atoms with Crippen molar-refractivity contribution in [3.8, 4) is 0 Å². The largest absolute Gasteiger partial charge is 0.388 e. The first-order valence-electron chi connectivity index (χ1n) is 6.85. The summed E-state index contributed by atoms with van der Waals surface area (Å²) in [4.78, 5) is 2.45. The van der Waals surface area contributed by atoms with Crippen molar-refractivity contribution >= 4 is 0 Å². The van der Waals surface area contributed by atoms with Gasteiger partial charge in [0.15, 0.2) is 0 Å². The number of hydrogen-bond donors (Lipinski definition) is 2. The molecule has 4 nitrogen and oxygen atoms in total. The van der Waals surface area contributed by atoms with Gasteiger partial charge in [0.05, 0.1) is 11.7 Å². The van der Waals surface area contributed by atoms with Crippen LogP contribution in [0, 0.1) is 5.92 Å². The van der Waals surface area contributed by atoms with Gasteiger partial charge in [-0.3, -0.25) is 0 Å². The summed E-state index contributed by atoms with van der Waals surface area (Å²) in [5, 5.41) is 10.4. The summed E-state index contributed by atoms with van der Waals surface area (Å²) in [6, 6.07) is 0. The summed E-state index contributed by atoms with van der Waals surface area (Å²) in [6.45, 7) is 3.67. The van der Waals surface area contributed by atoms with Crippen LogP contribution < -0.4 is 5.73 Å². The molecule has 3 unspecified atom stereocenters. The molecule has 2 fully saturated rings. The highest BCUT2D eigenvalue weighted by Crippen LogP contribution is 2.37. The molecular weight excluding hydrogens is 216 g/mol. The molecule has 0 radical (unpaired) electrons. The van der Waals surface area contributed by atoms with Crippen molar-refractivity contribution < 1.29 is 9.84 Å². The van der Waals surface area contributed by atoms with E-state index < -0.39 is 5.60 Å². The number of methoxy groups -OCH3 is 1. The molecule has 4 heteroatoms. The van der Waals surface area contributed by atoms with Crippen LogP contribution in [0.2, 0.25) is 0 Å². The molecule has 0 amide bonds. The monoisotopic (exact) mass is 242 g/mol. The van der Waals surface area contributed by atoms with Gasteiger partial charge >= 0.3 is 0 Å². The zero-order valence-corrected chi connectivity index (χ0v) is 10.9. The lowest BCUT2D eigenvalue weighted by atomic mass is 9.88. The Hall–Kier alpha value is -0.160. The van der Waals surface area contributed by atoms with Gasteiger partial charge in [0.2, 0.25) is 0 Å². The standard InChI is InChI=1S/C13H26N2O2/c1-17-12-5-8-15(9-12)7-4-11-3-2-6-13(11,16)10-14/h11-12,16H,2-10,14H2,1H3. The number of nitrogens with two attached hydrogens (primary N) is 1. The van der Waals surface area contributed by atoms with Crippen LogP contribution in [0.1, 0.15) is 32.1 Å². The lowest BCUT2D eigenvalue weighted by molar-refractivity contribution is 0.00477. The predicted molar refractivity (Wildman–Crippen MR) is 67.8 cm³/mol. The van der Waals surface area contributed by atoms with E-state index >= 15 is 0 Å². The highest BCUT2D eigenvalue weighted by molar-refractivity contribution is 4.93. The van der Waals surface area contributed by atoms with Crippen LogP contribution in [-0.4, -0.2) is 55.0 Å². The van der Waals surface area contributed by atoms with E-state index in [-0.39, 0.29) is 0 Å². The minimum absolute atomic E-state index is 0.397. The number of likely N-dealkylation sites (tertiary alicyclic amines) is 1. The van der Waals surface area contributed by atoms with E-state index in [4.69, 9.17) is 10.5 Å². The Bertz CT molecular complexity index is 250. The van der Waals surface area contributed by atoms with Gasteiger partial charge in [-0.15, -0.1) is 0 Å². The first-order chi connectivity index (χ1) is 8.18. The lowest BCUT2D eigenvalue weighted by Crippen LogP contribution is -2.42. The normalized spacial score (nSPS) is 39.0. The molecule has 3 atom stereocenters. The lowest BCUT2D eigenvalue weighted by Gasteiger charge is -2.30. The molecule has 1 heterocycles. The molecule has 0 aromatic heterocycles. The Labute approximate surface area is 104 Å². The molecule has 1 aliphatic heterocycles. The maximum Gasteiger partial charge on any atom is 0.0797 e. The summed E-state index contributed by atoms with van der Waals surface area (Å²) in [5.74, 6) is 0.397. The smallest absolute Gasteiger partial charge is 0.0797 e. The topological polar surface area (TPSA) is 58.7 Å². The van der Waals surface area contributed by atoms with Gasteiger partial charge in [-0.05, 0) is 38.1 Å². The zero-order chi connectivity index (χ0) is 12.3. The molecular formula is C13H26N2O2. The van der Waals surface area contributed by atoms with E-state index in [9.17, 15) is 5.11 Å². The third kappa shape index (κ3) is 2.99. The summed E-state index contributed by atoms with van der Waals surface area (Å²) < 4.78 is 5.36. The number of aliphatic hydroxyl groups is 1. The number of hydrogen-bond acceptors (Lipinski definition) is 4. The van der Waals surface area contributed by atoms with Crippen molar-refractivity contribution in [2.45, 2.75) is 43.8 Å². The van der Waals surface area contributed by atoms with Gasteiger partial charge in [0.1, 0.15) is 0 Å². The first-order valence-corrected chi connectivity index (χ1v) is 6.85. The van der Waals surface area contributed by atoms with Crippen LogP contribution in [0.4, 0.5) is 0 Å². The zero-order valence-electron chi connectivity index (χ0n) is 10.9. The number of nitrogens with zero attached hydrogens (tertiary/aromatic N) is 1. The van der Waals surface area contributed by atoms with E-state index in [2.05, 4.69) is 4.90 Å². The molecule has 100 valence electrons. The third-order valence-electron chi connectivity index (χ3n) is 4.63. The summed E-state index contributed by atoms with van der Waals surface area (Å²) in [6.07, 6.45) is 5.77. The van der Waals surface area contributed by atoms with E-state index in [1.54, 1.807) is 7.11 Å². The molecule has 0 aromatic rings. The van der Waals surface area contributed by atoms with Crippen LogP contribution in [0.15, 0.2) is 0 Å². The Morgan fingerprint density at radius 2 is 2.29 bits per heavy atom. The fraction of sp³-hybridized carbons (Fsp3) is 1.00. The fourth-order valence-electron chi connectivity index (χ4n) is 3.34. The minimum Gasteiger partial charge on any atom is -0.388 e. The second-order valence-corrected chi connectivity index (χ2v) is 5.63. The van der Waals surface area contributed by atoms with Gasteiger partial charge < -0.3 is 20.5 Å². The molecule has 0 spiro atoms. The van der Waals surface area contributed by atoms with E-state index in [0.717, 1.165) is 51.7 Å². The number of rotatable bonds is 5. The molecule has 1 aliphatic carbocycles. The maximum atomic E-state index is 10.4. The number of ether oxygens (including phenoxy) is 1. The van der Waals surface area contributed by atoms with E-state index in [0.29, 0.717) is 18.6 Å². The molecule has 3 N–H and O–H groups in total. The van der Waals surface area contributed by atoms with Crippen LogP contribution >= 0.6 is 0 Å². The van der Waals surface area contributed by atoms with Crippen molar-refractivity contribution in [2.24, 2.45) is 11.7 Å². The molecule has 17 heavy (non-hydrogen) atoms. The maximum absolute atomic E-state index is 10.4. The second-order valence-electron chi connectivity index (χ2n) is 5.63. The molecule has 2 aliphatic rings. The predicted octanol–water partition coefficient (Wildman–Crippen LogP) is 0.587. The van der Waals surface area contributed by atoms with Gasteiger partial charge in [0.25, 0.3) is 0 Å². The van der Waals surface area contributed by atoms with Crippen LogP contribution in [0.3, 0.4) is 0 Å². The van der Waals surface area contributed by atoms with E-state index in [1.165, 1.54) is 0 Å². The molecule has 1 saturated carbocycles. The van der Waals surface area contributed by atoms with Crippen LogP contribution in [0.5, 0.6) is 0 Å². The van der Waals surface area contributed by atoms with Crippen molar-refractivity contribution in [1.29, 1.82) is 0 Å². The molecule has 0 bridgehead atoms. The van der Waals surface area contributed by atoms with Gasteiger partial charge in [-0.1, -0.05) is 6.42 Å². The Morgan fingerprint density at radius 3 is 2.94 bits per heavy atom. The molecule has 2 rings (SSSR count). The highest BCUT2D eigenvalue weighted by atomic mass is 16.5. The molecule has 1 saturated heterocycles. The van der Waals surface area contributed by atoms with Gasteiger partial charge in [0, 0.05) is 26.7 Å². The average molecular weight is 242 g/mol. The van der Waals surface area contributed by atoms with Crippen molar-refractivity contribution in [2.75, 3.05) is 33.3 Å². The Balaban J connectivity index is 1.75. The first kappa shape index (κ1) is 13.3. The van der Waals surface area contributed by atoms with Crippen molar-refractivity contribution in [3.63, 3.8) is 0 Å². The third-order valence-corrected chi connectivity index (χ3v) is 4.63. The summed E-state index contributed by atoms with van der Waals surface area (Å²) in [5.41, 5.74) is 5.12. The van der Waals surface area contributed by atoms with Crippen LogP contribution in [-0.2, 0) is 4.74 Å². The highest BCUT2D eigenvalue weighted by Gasteiger charge is 2.39. The van der Waals surface area contributed by atoms with E-state index in [1.807, 2.05) is 0 Å². The quantitative estimate of drug-likeness (QED) is 0.741. The summed E-state index contributed by atoms with van der Waals surface area (Å²) in [7, 11) is 1.79. The van der Waals surface area contributed by atoms with Crippen LogP contribution in [0.25, 0.3) is 0 Å². The van der Waals surface area contributed by atoms with Crippen molar-refractivity contribution in [3.05, 3.63) is 0 Å². The average Bonchev–Trinajstić information content (AvgIpc) is 2.94. The Kier molecular flexibility index (Phi) is 4.42. The SMILES string of the molecule is COC1CCN(CCC2CCCC2(O)CN)C1. The minimum atomic E-state index is -0.583. The summed E-state index contributed by atoms with van der Waals surface area (Å²) >= 11 is 0. The second kappa shape index (κ2) is 5.65. The molecule has 0 aromatic carbocycles. The van der Waals surface area contributed by atoms with Crippen molar-refractivity contribution in [1.82, 2.24) is 4.90 Å².